The SMILES string of the molecule is Cc1cc(O)cc([Si](C)(C)C(C)(C)C)c1.Cl.Cl.[CH2]=[Ti][F]. The summed E-state index contributed by atoms with van der Waals surface area (Å²) in [6.45, 7) is 13.6. The maximum absolute atomic E-state index is 10.3. The van der Waals surface area contributed by atoms with Crippen LogP contribution in [0.5, 0.6) is 5.75 Å². The molecule has 0 amide bonds. The fourth-order valence-corrected chi connectivity index (χ4v) is 3.52. The Hall–Kier alpha value is 0.331. The van der Waals surface area contributed by atoms with Crippen LogP contribution in [-0.4, -0.2) is 18.0 Å². The van der Waals surface area contributed by atoms with Crippen molar-refractivity contribution in [3.05, 3.63) is 23.8 Å². The van der Waals surface area contributed by atoms with Gasteiger partial charge in [0.05, 0.1) is 8.07 Å². The number of halogens is 3. The standard InChI is InChI=1S/C13H22OSi.CH2.2ClH.FH.Ti/c1-10-7-11(14)9-12(8-10)15(5,6)13(2,3)4;;;;;/h7-9,14H,1-6H3;1H2;3*1H;/q;;;;;+1/p-1. The summed E-state index contributed by atoms with van der Waals surface area (Å²) in [4.78, 5) is 2.94. The molecule has 20 heavy (non-hydrogen) atoms. The van der Waals surface area contributed by atoms with Crippen molar-refractivity contribution in [2.24, 2.45) is 0 Å². The van der Waals surface area contributed by atoms with E-state index in [1.807, 2.05) is 19.1 Å². The molecule has 0 aromatic heterocycles. The van der Waals surface area contributed by atoms with Crippen LogP contribution in [0.4, 0.5) is 3.09 Å². The van der Waals surface area contributed by atoms with Gasteiger partial charge in [-0.25, -0.2) is 0 Å². The first kappa shape index (κ1) is 25.3. The summed E-state index contributed by atoms with van der Waals surface area (Å²) in [6.07, 6.45) is 0. The first-order valence-electron chi connectivity index (χ1n) is 6.00. The molecule has 1 aromatic carbocycles. The van der Waals surface area contributed by atoms with E-state index < -0.39 is 27.3 Å². The van der Waals surface area contributed by atoms with Crippen molar-refractivity contribution < 1.29 is 27.4 Å². The van der Waals surface area contributed by atoms with Crippen LogP contribution >= 0.6 is 24.8 Å². The average molecular weight is 376 g/mol. The Labute approximate surface area is 145 Å². The minimum absolute atomic E-state index is 0. The molecular formula is C14H26Cl2FOSiTi. The van der Waals surface area contributed by atoms with Crippen molar-refractivity contribution in [2.45, 2.75) is 45.8 Å². The molecule has 0 unspecified atom stereocenters. The van der Waals surface area contributed by atoms with Gasteiger partial charge in [0, 0.05) is 0 Å². The monoisotopic (exact) mass is 375 g/mol. The van der Waals surface area contributed by atoms with E-state index >= 15 is 0 Å². The molecule has 0 bridgehead atoms. The van der Waals surface area contributed by atoms with Gasteiger partial charge in [-0.05, 0) is 29.7 Å². The first-order chi connectivity index (χ1) is 8.06. The molecule has 0 spiro atoms. The number of benzene rings is 1. The molecule has 0 aliphatic rings. The molecule has 1 aromatic rings. The Bertz CT molecular complexity index is 400. The van der Waals surface area contributed by atoms with Gasteiger partial charge in [0.1, 0.15) is 5.75 Å². The molecule has 0 aliphatic heterocycles. The van der Waals surface area contributed by atoms with Crippen LogP contribution in [0.25, 0.3) is 0 Å². The topological polar surface area (TPSA) is 20.2 Å². The van der Waals surface area contributed by atoms with E-state index in [2.05, 4.69) is 44.7 Å². The zero-order chi connectivity index (χ0) is 14.6. The summed E-state index contributed by atoms with van der Waals surface area (Å²) in [7, 11) is -1.50. The van der Waals surface area contributed by atoms with Crippen molar-refractivity contribution in [1.29, 1.82) is 0 Å². The van der Waals surface area contributed by atoms with Gasteiger partial charge in [0.15, 0.2) is 0 Å². The van der Waals surface area contributed by atoms with Gasteiger partial charge < -0.3 is 5.11 Å². The van der Waals surface area contributed by atoms with Crippen molar-refractivity contribution in [1.82, 2.24) is 0 Å². The zero-order valence-corrected chi connectivity index (χ0v) is 17.3. The summed E-state index contributed by atoms with van der Waals surface area (Å²) >= 11 is -1.25. The van der Waals surface area contributed by atoms with Crippen LogP contribution in [0, 0.1) is 6.92 Å². The van der Waals surface area contributed by atoms with Crippen molar-refractivity contribution in [2.75, 3.05) is 0 Å². The summed E-state index contributed by atoms with van der Waals surface area (Å²) in [5.74, 6) is 0.398. The van der Waals surface area contributed by atoms with Crippen LogP contribution in [0.1, 0.15) is 26.3 Å². The molecule has 0 radical (unpaired) electrons. The molecule has 0 heterocycles. The molecule has 1 rings (SSSR count). The molecule has 0 saturated heterocycles. The van der Waals surface area contributed by atoms with Crippen molar-refractivity contribution >= 4 is 42.9 Å². The van der Waals surface area contributed by atoms with Crippen LogP contribution in [0.15, 0.2) is 18.2 Å². The van der Waals surface area contributed by atoms with Crippen LogP contribution in [-0.2, 0) is 19.2 Å². The molecule has 0 saturated carbocycles. The number of hydrogen-bond acceptors (Lipinski definition) is 1. The van der Waals surface area contributed by atoms with Crippen LogP contribution in [0.2, 0.25) is 18.1 Å². The van der Waals surface area contributed by atoms with Gasteiger partial charge in [-0.1, -0.05) is 45.1 Å². The van der Waals surface area contributed by atoms with E-state index in [9.17, 15) is 8.20 Å². The number of rotatable bonds is 1. The molecule has 0 atom stereocenters. The van der Waals surface area contributed by atoms with Crippen molar-refractivity contribution in [3.63, 3.8) is 0 Å². The first-order valence-corrected chi connectivity index (χ1v) is 10.7. The quantitative estimate of drug-likeness (QED) is 0.708. The Morgan fingerprint density at radius 1 is 1.15 bits per heavy atom. The number of phenols is 1. The van der Waals surface area contributed by atoms with Gasteiger partial charge in [-0.2, -0.15) is 0 Å². The second-order valence-electron chi connectivity index (χ2n) is 6.07. The average Bonchev–Trinajstić information content (AvgIpc) is 2.15. The van der Waals surface area contributed by atoms with Crippen molar-refractivity contribution in [3.8, 4) is 5.75 Å². The summed E-state index contributed by atoms with van der Waals surface area (Å²) in [5.41, 5.74) is 1.15. The summed E-state index contributed by atoms with van der Waals surface area (Å²) in [6, 6.07) is 5.97. The number of hydrogen-bond donors (Lipinski definition) is 1. The molecule has 1 nitrogen and oxygen atoms in total. The molecule has 117 valence electrons. The predicted octanol–water partition coefficient (Wildman–Crippen LogP) is 4.65. The number of aromatic hydroxyl groups is 1. The van der Waals surface area contributed by atoms with E-state index in [4.69, 9.17) is 0 Å². The molecule has 6 heteroatoms. The second kappa shape index (κ2) is 10.1. The van der Waals surface area contributed by atoms with Gasteiger partial charge in [0.2, 0.25) is 0 Å². The third-order valence-corrected chi connectivity index (χ3v) is 9.14. The zero-order valence-electron chi connectivity index (χ0n) is 13.1. The van der Waals surface area contributed by atoms with E-state index in [0.29, 0.717) is 10.8 Å². The fourth-order valence-electron chi connectivity index (χ4n) is 1.56. The summed E-state index contributed by atoms with van der Waals surface area (Å²) < 4.78 is 10.3. The van der Waals surface area contributed by atoms with E-state index in [-0.39, 0.29) is 24.8 Å². The molecule has 1 N–H and O–H groups in total. The number of phenolic OH excluding ortho intramolecular Hbond substituents is 1. The molecular weight excluding hydrogens is 350 g/mol. The number of aryl methyl sites for hydroxylation is 1. The third-order valence-electron chi connectivity index (χ3n) is 3.66. The second-order valence-corrected chi connectivity index (χ2v) is 11.8. The normalized spacial score (nSPS) is 10.2. The fraction of sp³-hybridized carbons (Fsp3) is 0.500. The Kier molecular flexibility index (Phi) is 12.8. The van der Waals surface area contributed by atoms with E-state index in [1.165, 1.54) is 5.19 Å². The predicted molar refractivity (Wildman–Crippen MR) is 92.4 cm³/mol. The van der Waals surface area contributed by atoms with Gasteiger partial charge in [-0.15, -0.1) is 24.8 Å². The Morgan fingerprint density at radius 2 is 1.55 bits per heavy atom. The van der Waals surface area contributed by atoms with Crippen LogP contribution in [0.3, 0.4) is 0 Å². The molecule has 0 aliphatic carbocycles. The van der Waals surface area contributed by atoms with Gasteiger partial charge in [-0.3, -0.25) is 0 Å². The summed E-state index contributed by atoms with van der Waals surface area (Å²) in [5, 5.41) is 11.3. The Morgan fingerprint density at radius 3 is 1.85 bits per heavy atom. The van der Waals surface area contributed by atoms with Crippen LogP contribution < -0.4 is 5.19 Å². The van der Waals surface area contributed by atoms with E-state index in [0.717, 1.165) is 5.56 Å². The molecule has 0 fully saturated rings. The third kappa shape index (κ3) is 7.37. The minimum atomic E-state index is -1.50. The Balaban J connectivity index is -0.000000530. The van der Waals surface area contributed by atoms with E-state index in [1.54, 1.807) is 0 Å². The van der Waals surface area contributed by atoms with Gasteiger partial charge >= 0.3 is 27.1 Å². The maximum atomic E-state index is 10.3. The van der Waals surface area contributed by atoms with Gasteiger partial charge in [0.25, 0.3) is 0 Å².